The van der Waals surface area contributed by atoms with Crippen LogP contribution in [0, 0.1) is 0 Å². The van der Waals surface area contributed by atoms with Crippen molar-refractivity contribution in [1.82, 2.24) is 9.21 Å². The van der Waals surface area contributed by atoms with Crippen molar-refractivity contribution >= 4 is 33.4 Å². The van der Waals surface area contributed by atoms with Crippen LogP contribution in [-0.2, 0) is 37.4 Å². The molecule has 0 saturated carbocycles. The van der Waals surface area contributed by atoms with E-state index < -0.39 is 10.0 Å². The number of anilines is 1. The number of piperidine rings is 1. The van der Waals surface area contributed by atoms with Crippen molar-refractivity contribution in [2.45, 2.75) is 56.4 Å². The van der Waals surface area contributed by atoms with Gasteiger partial charge in [-0.15, -0.1) is 0 Å². The molecule has 0 bridgehead atoms. The molecule has 4 rings (SSSR count). The van der Waals surface area contributed by atoms with Crippen LogP contribution in [0.25, 0.3) is 0 Å². The van der Waals surface area contributed by atoms with E-state index in [1.165, 1.54) is 4.90 Å². The summed E-state index contributed by atoms with van der Waals surface area (Å²) in [4.78, 5) is 37.4. The van der Waals surface area contributed by atoms with Crippen LogP contribution in [0.3, 0.4) is 0 Å². The Kier molecular flexibility index (Phi) is 7.43. The number of hydrogen-bond acceptors (Lipinski definition) is 5. The minimum atomic E-state index is -3.45. The highest BCUT2D eigenvalue weighted by Gasteiger charge is 2.28. The minimum Gasteiger partial charge on any atom is -0.326 e. The second-order valence-corrected chi connectivity index (χ2v) is 10.7. The number of rotatable bonds is 8. The molecule has 9 heteroatoms. The van der Waals surface area contributed by atoms with Gasteiger partial charge in [0.2, 0.25) is 27.7 Å². The van der Waals surface area contributed by atoms with E-state index in [0.29, 0.717) is 30.1 Å². The van der Waals surface area contributed by atoms with Gasteiger partial charge in [-0.25, -0.2) is 8.42 Å². The minimum absolute atomic E-state index is 0.150. The van der Waals surface area contributed by atoms with Gasteiger partial charge in [0.15, 0.2) is 0 Å². The Morgan fingerprint density at radius 2 is 1.41 bits per heavy atom. The first-order chi connectivity index (χ1) is 16.3. The van der Waals surface area contributed by atoms with Crippen LogP contribution in [-0.4, -0.2) is 48.4 Å². The number of sulfonamides is 1. The lowest BCUT2D eigenvalue weighted by Crippen LogP contribution is -2.35. The maximum absolute atomic E-state index is 12.7. The molecular formula is C25H29N3O5S. The molecule has 2 fully saturated rings. The van der Waals surface area contributed by atoms with Crippen LogP contribution in [0.1, 0.15) is 49.7 Å². The number of hydrogen-bond donors (Lipinski definition) is 1. The van der Waals surface area contributed by atoms with E-state index in [4.69, 9.17) is 0 Å². The molecule has 2 heterocycles. The molecule has 2 aromatic rings. The summed E-state index contributed by atoms with van der Waals surface area (Å²) in [5.41, 5.74) is 2.35. The quantitative estimate of drug-likeness (QED) is 0.581. The van der Waals surface area contributed by atoms with Crippen LogP contribution in [0.5, 0.6) is 0 Å². The second kappa shape index (κ2) is 10.5. The number of benzene rings is 2. The molecule has 34 heavy (non-hydrogen) atoms. The van der Waals surface area contributed by atoms with Gasteiger partial charge in [0, 0.05) is 38.0 Å². The van der Waals surface area contributed by atoms with Crippen molar-refractivity contribution in [3.63, 3.8) is 0 Å². The molecule has 2 saturated heterocycles. The lowest BCUT2D eigenvalue weighted by atomic mass is 10.1. The van der Waals surface area contributed by atoms with Crippen molar-refractivity contribution < 1.29 is 22.8 Å². The molecule has 8 nitrogen and oxygen atoms in total. The summed E-state index contributed by atoms with van der Waals surface area (Å²) in [5.74, 6) is -0.457. The zero-order valence-corrected chi connectivity index (χ0v) is 19.9. The average molecular weight is 484 g/mol. The Balaban J connectivity index is 1.27. The molecule has 0 aromatic heterocycles. The van der Waals surface area contributed by atoms with Gasteiger partial charge in [0.1, 0.15) is 0 Å². The predicted octanol–water partition coefficient (Wildman–Crippen LogP) is 3.08. The number of carbonyl (C=O) groups is 3. The van der Waals surface area contributed by atoms with E-state index in [2.05, 4.69) is 5.32 Å². The molecule has 2 aromatic carbocycles. The first kappa shape index (κ1) is 24.1. The van der Waals surface area contributed by atoms with Crippen LogP contribution in [0.4, 0.5) is 5.69 Å². The summed E-state index contributed by atoms with van der Waals surface area (Å²) in [6.45, 7) is 1.38. The van der Waals surface area contributed by atoms with Crippen molar-refractivity contribution in [2.24, 2.45) is 0 Å². The maximum Gasteiger partial charge on any atom is 0.243 e. The SMILES string of the molecule is O=C(CCc1ccc(S(=O)(=O)N2CCCCC2)cc1)Nc1ccc(CN2C(=O)CCC2=O)cc1. The predicted molar refractivity (Wildman–Crippen MR) is 127 cm³/mol. The summed E-state index contributed by atoms with van der Waals surface area (Å²) < 4.78 is 27.0. The molecule has 2 aliphatic heterocycles. The molecule has 3 amide bonds. The number of aryl methyl sites for hydroxylation is 1. The van der Waals surface area contributed by atoms with Crippen molar-refractivity contribution in [3.05, 3.63) is 59.7 Å². The summed E-state index contributed by atoms with van der Waals surface area (Å²) >= 11 is 0. The Hall–Kier alpha value is -3.04. The standard InChI is InChI=1S/C25H29N3O5S/c29-23(26-21-9-4-20(5-10-21)18-28-24(30)14-15-25(28)31)13-8-19-6-11-22(12-7-19)34(32,33)27-16-2-1-3-17-27/h4-7,9-12H,1-3,8,13-18H2,(H,26,29). The lowest BCUT2D eigenvalue weighted by Gasteiger charge is -2.25. The van der Waals surface area contributed by atoms with Gasteiger partial charge >= 0.3 is 0 Å². The van der Waals surface area contributed by atoms with Gasteiger partial charge in [-0.2, -0.15) is 4.31 Å². The average Bonchev–Trinajstić information content (AvgIpc) is 3.17. The summed E-state index contributed by atoms with van der Waals surface area (Å²) in [5, 5.41) is 2.84. The topological polar surface area (TPSA) is 104 Å². The Morgan fingerprint density at radius 1 is 0.824 bits per heavy atom. The largest absolute Gasteiger partial charge is 0.326 e. The molecule has 180 valence electrons. The lowest BCUT2D eigenvalue weighted by molar-refractivity contribution is -0.139. The molecular weight excluding hydrogens is 454 g/mol. The smallest absolute Gasteiger partial charge is 0.243 e. The van der Waals surface area contributed by atoms with Crippen molar-refractivity contribution in [1.29, 1.82) is 0 Å². The van der Waals surface area contributed by atoms with E-state index in [1.807, 2.05) is 0 Å². The van der Waals surface area contributed by atoms with E-state index in [9.17, 15) is 22.8 Å². The molecule has 0 aliphatic carbocycles. The normalized spacial score (nSPS) is 17.2. The fourth-order valence-electron chi connectivity index (χ4n) is 4.24. The second-order valence-electron chi connectivity index (χ2n) is 8.73. The summed E-state index contributed by atoms with van der Waals surface area (Å²) in [6.07, 6.45) is 4.15. The number of amides is 3. The van der Waals surface area contributed by atoms with Crippen molar-refractivity contribution in [2.75, 3.05) is 18.4 Å². The third-order valence-electron chi connectivity index (χ3n) is 6.25. The number of carbonyl (C=O) groups excluding carboxylic acids is 3. The van der Waals surface area contributed by atoms with E-state index in [-0.39, 0.29) is 43.5 Å². The zero-order valence-electron chi connectivity index (χ0n) is 19.0. The third-order valence-corrected chi connectivity index (χ3v) is 8.16. The van der Waals surface area contributed by atoms with Gasteiger partial charge in [0.25, 0.3) is 0 Å². The Labute approximate surface area is 200 Å². The first-order valence-electron chi connectivity index (χ1n) is 11.6. The van der Waals surface area contributed by atoms with E-state index in [1.54, 1.807) is 52.8 Å². The van der Waals surface area contributed by atoms with Gasteiger partial charge in [-0.3, -0.25) is 19.3 Å². The fraction of sp³-hybridized carbons (Fsp3) is 0.400. The monoisotopic (exact) mass is 483 g/mol. The number of nitrogens with one attached hydrogen (secondary N) is 1. The number of likely N-dealkylation sites (tertiary alicyclic amines) is 1. The van der Waals surface area contributed by atoms with Crippen molar-refractivity contribution in [3.8, 4) is 0 Å². The maximum atomic E-state index is 12.7. The Bertz CT molecular complexity index is 1140. The molecule has 0 atom stereocenters. The first-order valence-corrected chi connectivity index (χ1v) is 13.1. The van der Waals surface area contributed by atoms with E-state index in [0.717, 1.165) is 30.4 Å². The summed E-state index contributed by atoms with van der Waals surface area (Å²) in [7, 11) is -3.45. The molecule has 0 radical (unpaired) electrons. The third kappa shape index (κ3) is 5.71. The fourth-order valence-corrected chi connectivity index (χ4v) is 5.76. The molecule has 0 unspecified atom stereocenters. The highest BCUT2D eigenvalue weighted by Crippen LogP contribution is 2.21. The Morgan fingerprint density at radius 3 is 2.03 bits per heavy atom. The highest BCUT2D eigenvalue weighted by atomic mass is 32.2. The molecule has 0 spiro atoms. The van der Waals surface area contributed by atoms with Crippen LogP contribution < -0.4 is 5.32 Å². The van der Waals surface area contributed by atoms with E-state index >= 15 is 0 Å². The zero-order chi connectivity index (χ0) is 24.1. The number of nitrogens with zero attached hydrogens (tertiary/aromatic N) is 2. The van der Waals surface area contributed by atoms with Gasteiger partial charge in [-0.1, -0.05) is 30.7 Å². The van der Waals surface area contributed by atoms with Crippen LogP contribution in [0.2, 0.25) is 0 Å². The van der Waals surface area contributed by atoms with Gasteiger partial charge < -0.3 is 5.32 Å². The van der Waals surface area contributed by atoms with Gasteiger partial charge in [0.05, 0.1) is 11.4 Å². The highest BCUT2D eigenvalue weighted by molar-refractivity contribution is 7.89. The molecule has 2 aliphatic rings. The number of imide groups is 1. The molecule has 1 N–H and O–H groups in total. The van der Waals surface area contributed by atoms with Gasteiger partial charge in [-0.05, 0) is 54.7 Å². The van der Waals surface area contributed by atoms with Crippen LogP contribution in [0.15, 0.2) is 53.4 Å². The van der Waals surface area contributed by atoms with Crippen LogP contribution >= 0.6 is 0 Å². The summed E-state index contributed by atoms with van der Waals surface area (Å²) in [6, 6.07) is 13.8.